The Morgan fingerprint density at radius 1 is 1.47 bits per heavy atom. The van der Waals surface area contributed by atoms with Gasteiger partial charge in [0, 0.05) is 17.1 Å². The quantitative estimate of drug-likeness (QED) is 0.783. The van der Waals surface area contributed by atoms with Crippen LogP contribution in [0, 0.1) is 11.3 Å². The standard InChI is InChI=1S/C8H4BrF3N2O/c9-1-5-3-14-4-7(6(5)2-13)15-8(10,11)12/h3-4H,1H2. The maximum absolute atomic E-state index is 11.9. The molecule has 0 spiro atoms. The Labute approximate surface area is 91.6 Å². The van der Waals surface area contributed by atoms with Crippen LogP contribution in [0.5, 0.6) is 5.75 Å². The first-order valence-corrected chi connectivity index (χ1v) is 4.78. The summed E-state index contributed by atoms with van der Waals surface area (Å²) in [5.74, 6) is -0.582. The van der Waals surface area contributed by atoms with Crippen LogP contribution >= 0.6 is 15.9 Å². The van der Waals surface area contributed by atoms with Gasteiger partial charge in [0.25, 0.3) is 0 Å². The Morgan fingerprint density at radius 2 is 2.13 bits per heavy atom. The van der Waals surface area contributed by atoms with Crippen LogP contribution in [0.4, 0.5) is 13.2 Å². The summed E-state index contributed by atoms with van der Waals surface area (Å²) in [7, 11) is 0. The van der Waals surface area contributed by atoms with E-state index in [1.54, 1.807) is 6.07 Å². The average molecular weight is 281 g/mol. The van der Waals surface area contributed by atoms with Gasteiger partial charge in [0.15, 0.2) is 5.75 Å². The molecule has 0 aromatic carbocycles. The van der Waals surface area contributed by atoms with Crippen molar-refractivity contribution >= 4 is 15.9 Å². The molecule has 0 atom stereocenters. The van der Waals surface area contributed by atoms with Crippen LogP contribution in [0.15, 0.2) is 12.4 Å². The van der Waals surface area contributed by atoms with Crippen molar-refractivity contribution in [3.8, 4) is 11.8 Å². The number of alkyl halides is 4. The molecule has 1 aromatic rings. The largest absolute Gasteiger partial charge is 0.573 e. The van der Waals surface area contributed by atoms with Crippen molar-refractivity contribution in [3.63, 3.8) is 0 Å². The molecule has 0 unspecified atom stereocenters. The summed E-state index contributed by atoms with van der Waals surface area (Å²) in [5.41, 5.74) is 0.179. The van der Waals surface area contributed by atoms with E-state index in [1.165, 1.54) is 6.20 Å². The maximum atomic E-state index is 11.9. The van der Waals surface area contributed by atoms with Crippen molar-refractivity contribution < 1.29 is 17.9 Å². The van der Waals surface area contributed by atoms with Crippen LogP contribution < -0.4 is 4.74 Å². The third kappa shape index (κ3) is 3.09. The SMILES string of the molecule is N#Cc1c(CBr)cncc1OC(F)(F)F. The number of ether oxygens (including phenoxy) is 1. The molecule has 1 rings (SSSR count). The van der Waals surface area contributed by atoms with Crippen LogP contribution in [0.3, 0.4) is 0 Å². The van der Waals surface area contributed by atoms with E-state index in [2.05, 4.69) is 25.7 Å². The summed E-state index contributed by atoms with van der Waals surface area (Å²) in [5, 5.41) is 8.92. The van der Waals surface area contributed by atoms with E-state index >= 15 is 0 Å². The molecule has 0 aliphatic rings. The van der Waals surface area contributed by atoms with Gasteiger partial charge in [-0.05, 0) is 0 Å². The lowest BCUT2D eigenvalue weighted by atomic mass is 10.2. The predicted octanol–water partition coefficient (Wildman–Crippen LogP) is 2.75. The molecule has 0 bridgehead atoms. The number of rotatable bonds is 2. The zero-order valence-corrected chi connectivity index (χ0v) is 8.76. The van der Waals surface area contributed by atoms with Gasteiger partial charge in [0.2, 0.25) is 0 Å². The minimum absolute atomic E-state index is 0.167. The first kappa shape index (κ1) is 11.8. The molecule has 0 N–H and O–H groups in total. The molecule has 7 heteroatoms. The number of hydrogen-bond donors (Lipinski definition) is 0. The van der Waals surface area contributed by atoms with E-state index in [1.807, 2.05) is 0 Å². The first-order chi connectivity index (χ1) is 6.98. The third-order valence-electron chi connectivity index (χ3n) is 1.47. The van der Waals surface area contributed by atoms with E-state index in [0.29, 0.717) is 5.56 Å². The Kier molecular flexibility index (Phi) is 3.52. The third-order valence-corrected chi connectivity index (χ3v) is 2.08. The highest BCUT2D eigenvalue weighted by atomic mass is 79.9. The number of aromatic nitrogens is 1. The van der Waals surface area contributed by atoms with Crippen LogP contribution in [0.2, 0.25) is 0 Å². The van der Waals surface area contributed by atoms with Crippen molar-refractivity contribution in [2.24, 2.45) is 0 Å². The number of pyridine rings is 1. The Hall–Kier alpha value is -1.29. The van der Waals surface area contributed by atoms with Gasteiger partial charge < -0.3 is 4.74 Å². The molecular weight excluding hydrogens is 277 g/mol. The normalized spacial score (nSPS) is 10.9. The molecule has 0 aliphatic carbocycles. The van der Waals surface area contributed by atoms with E-state index in [-0.39, 0.29) is 10.9 Å². The van der Waals surface area contributed by atoms with Crippen LogP contribution in [-0.4, -0.2) is 11.3 Å². The van der Waals surface area contributed by atoms with E-state index < -0.39 is 12.1 Å². The zero-order valence-electron chi connectivity index (χ0n) is 7.18. The highest BCUT2D eigenvalue weighted by Gasteiger charge is 2.32. The van der Waals surface area contributed by atoms with Crippen molar-refractivity contribution in [2.45, 2.75) is 11.7 Å². The number of nitriles is 1. The molecular formula is C8H4BrF3N2O. The highest BCUT2D eigenvalue weighted by molar-refractivity contribution is 9.08. The molecule has 3 nitrogen and oxygen atoms in total. The minimum Gasteiger partial charge on any atom is -0.403 e. The number of nitrogens with zero attached hydrogens (tertiary/aromatic N) is 2. The summed E-state index contributed by atoms with van der Waals surface area (Å²) in [4.78, 5) is 3.54. The van der Waals surface area contributed by atoms with Gasteiger partial charge in [0.05, 0.1) is 6.20 Å². The summed E-state index contributed by atoms with van der Waals surface area (Å²) in [6.45, 7) is 0. The van der Waals surface area contributed by atoms with E-state index in [4.69, 9.17) is 5.26 Å². The van der Waals surface area contributed by atoms with Gasteiger partial charge in [-0.3, -0.25) is 4.98 Å². The zero-order chi connectivity index (χ0) is 11.5. The molecule has 1 heterocycles. The molecule has 0 fully saturated rings. The monoisotopic (exact) mass is 280 g/mol. The second kappa shape index (κ2) is 4.49. The lowest BCUT2D eigenvalue weighted by Crippen LogP contribution is -2.18. The predicted molar refractivity (Wildman–Crippen MR) is 48.3 cm³/mol. The van der Waals surface area contributed by atoms with Crippen LogP contribution in [0.1, 0.15) is 11.1 Å². The minimum atomic E-state index is -4.82. The van der Waals surface area contributed by atoms with Gasteiger partial charge >= 0.3 is 6.36 Å². The molecule has 15 heavy (non-hydrogen) atoms. The summed E-state index contributed by atoms with van der Waals surface area (Å²) >= 11 is 3.04. The molecule has 0 saturated heterocycles. The molecule has 0 radical (unpaired) electrons. The second-order valence-corrected chi connectivity index (χ2v) is 3.03. The fourth-order valence-electron chi connectivity index (χ4n) is 0.913. The smallest absolute Gasteiger partial charge is 0.403 e. The van der Waals surface area contributed by atoms with Gasteiger partial charge in [0.1, 0.15) is 11.6 Å². The van der Waals surface area contributed by atoms with Crippen molar-refractivity contribution in [3.05, 3.63) is 23.5 Å². The average Bonchev–Trinajstić information content (AvgIpc) is 2.15. The van der Waals surface area contributed by atoms with Gasteiger partial charge in [-0.25, -0.2) is 0 Å². The molecule has 80 valence electrons. The Balaban J connectivity index is 3.14. The lowest BCUT2D eigenvalue weighted by molar-refractivity contribution is -0.274. The van der Waals surface area contributed by atoms with Crippen molar-refractivity contribution in [1.82, 2.24) is 4.98 Å². The van der Waals surface area contributed by atoms with Gasteiger partial charge in [-0.15, -0.1) is 13.2 Å². The summed E-state index contributed by atoms with van der Waals surface area (Å²) < 4.78 is 39.4. The molecule has 0 amide bonds. The fraction of sp³-hybridized carbons (Fsp3) is 0.250. The van der Waals surface area contributed by atoms with Crippen LogP contribution in [-0.2, 0) is 5.33 Å². The molecule has 0 saturated carbocycles. The maximum Gasteiger partial charge on any atom is 0.573 e. The molecule has 1 aromatic heterocycles. The fourth-order valence-corrected chi connectivity index (χ4v) is 1.34. The summed E-state index contributed by atoms with van der Waals surface area (Å²) in [6, 6.07) is 1.64. The highest BCUT2D eigenvalue weighted by Crippen LogP contribution is 2.27. The van der Waals surface area contributed by atoms with Gasteiger partial charge in [-0.2, -0.15) is 5.26 Å². The number of halogens is 4. The second-order valence-electron chi connectivity index (χ2n) is 2.46. The Bertz CT molecular complexity index is 400. The molecule has 0 aliphatic heterocycles. The topological polar surface area (TPSA) is 45.9 Å². The van der Waals surface area contributed by atoms with Crippen LogP contribution in [0.25, 0.3) is 0 Å². The van der Waals surface area contributed by atoms with E-state index in [0.717, 1.165) is 6.20 Å². The number of hydrogen-bond acceptors (Lipinski definition) is 3. The van der Waals surface area contributed by atoms with Crippen molar-refractivity contribution in [2.75, 3.05) is 0 Å². The van der Waals surface area contributed by atoms with E-state index in [9.17, 15) is 13.2 Å². The van der Waals surface area contributed by atoms with Crippen molar-refractivity contribution in [1.29, 1.82) is 5.26 Å². The summed E-state index contributed by atoms with van der Waals surface area (Å²) in [6.07, 6.45) is -2.66. The Morgan fingerprint density at radius 3 is 2.60 bits per heavy atom. The first-order valence-electron chi connectivity index (χ1n) is 3.66. The lowest BCUT2D eigenvalue weighted by Gasteiger charge is -2.10. The van der Waals surface area contributed by atoms with Gasteiger partial charge in [-0.1, -0.05) is 15.9 Å².